The lowest BCUT2D eigenvalue weighted by Gasteiger charge is -2.37. The van der Waals surface area contributed by atoms with Crippen LogP contribution in [-0.2, 0) is 18.9 Å². The fraction of sp³-hybridized carbons (Fsp3) is 0.652. The Balaban J connectivity index is 0.000000179. The Morgan fingerprint density at radius 1 is 0.661 bits per heavy atom. The van der Waals surface area contributed by atoms with Crippen molar-refractivity contribution >= 4 is 34.0 Å². The van der Waals surface area contributed by atoms with Gasteiger partial charge in [-0.15, -0.1) is 0 Å². The minimum Gasteiger partial charge on any atom is -0.444 e. The molecule has 0 bridgehead atoms. The molecule has 6 heterocycles. The van der Waals surface area contributed by atoms with Gasteiger partial charge in [0.1, 0.15) is 11.2 Å². The normalized spacial score (nSPS) is 23.5. The standard InChI is InChI=1S/C23H33N3O4.C23H33N3O3/c1-15-11-16-13-24-26(21-7-5-6-10-29-21)19(16)12-18(15)17-8-9-25(14-20(17)27)22(28)30-23(2,3)4;1-16-13-18-15-24-26(21-7-5-6-12-28-21)20(18)14-19(16)17-8-10-25(11-9-17)22(27)29-23(2,3)4/h11-13,17,20-21,27H,5-10,14H2,1-4H3;13-15,17,21H,5-12H2,1-4H3. The van der Waals surface area contributed by atoms with Crippen molar-refractivity contribution in [1.29, 1.82) is 0 Å². The van der Waals surface area contributed by atoms with Crippen molar-refractivity contribution in [3.63, 3.8) is 0 Å². The van der Waals surface area contributed by atoms with Gasteiger partial charge in [0.15, 0.2) is 12.5 Å². The Hall–Kier alpha value is -4.20. The largest absolute Gasteiger partial charge is 0.444 e. The molecule has 2 amide bonds. The summed E-state index contributed by atoms with van der Waals surface area (Å²) in [6.07, 6.45) is 11.8. The van der Waals surface area contributed by atoms with E-state index in [1.165, 1.54) is 22.9 Å². The van der Waals surface area contributed by atoms with Crippen LogP contribution >= 0.6 is 0 Å². The van der Waals surface area contributed by atoms with E-state index in [2.05, 4.69) is 53.0 Å². The Bertz CT molecular complexity index is 2080. The summed E-state index contributed by atoms with van der Waals surface area (Å²) in [7, 11) is 0. The molecule has 59 heavy (non-hydrogen) atoms. The number of aromatic nitrogens is 4. The lowest BCUT2D eigenvalue weighted by Crippen LogP contribution is -2.47. The maximum atomic E-state index is 12.4. The summed E-state index contributed by atoms with van der Waals surface area (Å²) in [6, 6.07) is 8.86. The first-order chi connectivity index (χ1) is 28.0. The number of hydrogen-bond acceptors (Lipinski definition) is 9. The molecule has 13 heteroatoms. The third kappa shape index (κ3) is 10.2. The Kier molecular flexibility index (Phi) is 12.9. The van der Waals surface area contributed by atoms with E-state index in [-0.39, 0.29) is 37.1 Å². The third-order valence-electron chi connectivity index (χ3n) is 12.0. The van der Waals surface area contributed by atoms with E-state index in [0.29, 0.717) is 18.9 Å². The van der Waals surface area contributed by atoms with Crippen molar-refractivity contribution in [3.05, 3.63) is 58.9 Å². The highest BCUT2D eigenvalue weighted by Gasteiger charge is 2.35. The van der Waals surface area contributed by atoms with Gasteiger partial charge in [0, 0.05) is 49.5 Å². The SMILES string of the molecule is Cc1cc2cnn(C3CCCCO3)c2cc1C1CCN(C(=O)OC(C)(C)C)CC1.Cc1cc2cnn(C3CCCCO3)c2cc1C1CCN(C(=O)OC(C)(C)C)CC1O. The van der Waals surface area contributed by atoms with Gasteiger partial charge in [0.2, 0.25) is 0 Å². The highest BCUT2D eigenvalue weighted by atomic mass is 16.6. The predicted octanol–water partition coefficient (Wildman–Crippen LogP) is 9.29. The van der Waals surface area contributed by atoms with Gasteiger partial charge >= 0.3 is 12.2 Å². The average molecular weight is 815 g/mol. The molecule has 4 aliphatic rings. The van der Waals surface area contributed by atoms with Gasteiger partial charge in [-0.3, -0.25) is 0 Å². The second-order valence-corrected chi connectivity index (χ2v) is 19.0. The van der Waals surface area contributed by atoms with Crippen LogP contribution in [0.3, 0.4) is 0 Å². The number of nitrogens with zero attached hydrogens (tertiary/aromatic N) is 6. The number of aryl methyl sites for hydroxylation is 2. The monoisotopic (exact) mass is 814 g/mol. The molecule has 13 nitrogen and oxygen atoms in total. The van der Waals surface area contributed by atoms with Crippen molar-refractivity contribution in [3.8, 4) is 0 Å². The predicted molar refractivity (Wildman–Crippen MR) is 228 cm³/mol. The molecule has 8 rings (SSSR count). The lowest BCUT2D eigenvalue weighted by atomic mass is 9.84. The number of benzene rings is 2. The smallest absolute Gasteiger partial charge is 0.410 e. The summed E-state index contributed by atoms with van der Waals surface area (Å²) in [4.78, 5) is 28.2. The van der Waals surface area contributed by atoms with Crippen molar-refractivity contribution in [2.24, 2.45) is 0 Å². The van der Waals surface area contributed by atoms with E-state index < -0.39 is 17.3 Å². The van der Waals surface area contributed by atoms with Crippen LogP contribution in [-0.4, -0.2) is 103 Å². The molecule has 0 saturated carbocycles. The minimum absolute atomic E-state index is 0.0225. The first kappa shape index (κ1) is 42.9. The second-order valence-electron chi connectivity index (χ2n) is 19.0. The molecule has 0 radical (unpaired) electrons. The number of piperidine rings is 2. The Morgan fingerprint density at radius 3 is 1.61 bits per heavy atom. The van der Waals surface area contributed by atoms with E-state index in [1.54, 1.807) is 4.90 Å². The number of hydrogen-bond donors (Lipinski definition) is 1. The second kappa shape index (κ2) is 17.8. The fourth-order valence-corrected chi connectivity index (χ4v) is 9.06. The van der Waals surface area contributed by atoms with Gasteiger partial charge in [-0.05, 0) is 166 Å². The first-order valence-corrected chi connectivity index (χ1v) is 21.9. The number of amides is 2. The van der Waals surface area contributed by atoms with Gasteiger partial charge in [-0.25, -0.2) is 19.0 Å². The van der Waals surface area contributed by atoms with Crippen LogP contribution in [0.1, 0.15) is 146 Å². The van der Waals surface area contributed by atoms with Crippen LogP contribution in [0.4, 0.5) is 9.59 Å². The molecule has 2 aromatic heterocycles. The number of likely N-dealkylation sites (tertiary alicyclic amines) is 2. The van der Waals surface area contributed by atoms with Gasteiger partial charge in [0.05, 0.1) is 36.1 Å². The average Bonchev–Trinajstić information content (AvgIpc) is 3.80. The van der Waals surface area contributed by atoms with Gasteiger partial charge in [0.25, 0.3) is 0 Å². The first-order valence-electron chi connectivity index (χ1n) is 21.9. The quantitative estimate of drug-likeness (QED) is 0.214. The number of β-amino-alcohol motifs (C(OH)–C–C–N with tert-alkyl or cyclic N) is 1. The Labute approximate surface area is 349 Å². The third-order valence-corrected chi connectivity index (χ3v) is 12.0. The maximum Gasteiger partial charge on any atom is 0.410 e. The van der Waals surface area contributed by atoms with Crippen LogP contribution in [0.2, 0.25) is 0 Å². The van der Waals surface area contributed by atoms with Crippen LogP contribution < -0.4 is 0 Å². The van der Waals surface area contributed by atoms with Crippen LogP contribution in [0, 0.1) is 13.8 Å². The van der Waals surface area contributed by atoms with Crippen LogP contribution in [0.5, 0.6) is 0 Å². The number of fused-ring (bicyclic) bond motifs is 2. The zero-order valence-electron chi connectivity index (χ0n) is 36.5. The molecular weight excluding hydrogens is 749 g/mol. The number of ether oxygens (including phenoxy) is 4. The molecule has 4 saturated heterocycles. The topological polar surface area (TPSA) is 133 Å². The number of aliphatic hydroxyl groups excluding tert-OH is 1. The highest BCUT2D eigenvalue weighted by Crippen LogP contribution is 2.37. The zero-order valence-corrected chi connectivity index (χ0v) is 36.5. The summed E-state index contributed by atoms with van der Waals surface area (Å²) >= 11 is 0. The number of rotatable bonds is 4. The van der Waals surface area contributed by atoms with E-state index in [9.17, 15) is 14.7 Å². The van der Waals surface area contributed by atoms with Crippen molar-refractivity contribution in [1.82, 2.24) is 29.4 Å². The molecule has 322 valence electrons. The fourth-order valence-electron chi connectivity index (χ4n) is 9.06. The van der Waals surface area contributed by atoms with E-state index >= 15 is 0 Å². The number of carbonyl (C=O) groups is 2. The molecule has 4 atom stereocenters. The molecule has 1 N–H and O–H groups in total. The summed E-state index contributed by atoms with van der Waals surface area (Å²) < 4.78 is 27.0. The molecule has 0 spiro atoms. The molecule has 2 aromatic carbocycles. The lowest BCUT2D eigenvalue weighted by molar-refractivity contribution is -0.0368. The van der Waals surface area contributed by atoms with Crippen molar-refractivity contribution in [2.75, 3.05) is 39.4 Å². The minimum atomic E-state index is -0.635. The molecule has 0 aliphatic carbocycles. The van der Waals surface area contributed by atoms with Gasteiger partial charge in [-0.1, -0.05) is 0 Å². The van der Waals surface area contributed by atoms with Crippen molar-refractivity contribution < 1.29 is 33.6 Å². The summed E-state index contributed by atoms with van der Waals surface area (Å²) in [5.74, 6) is 0.428. The molecular formula is C46H66N6O7. The summed E-state index contributed by atoms with van der Waals surface area (Å²) in [6.45, 7) is 19.5. The molecule has 4 aromatic rings. The maximum absolute atomic E-state index is 12.4. The van der Waals surface area contributed by atoms with E-state index in [1.807, 2.05) is 63.5 Å². The summed E-state index contributed by atoms with van der Waals surface area (Å²) in [5.41, 5.74) is 6.15. The summed E-state index contributed by atoms with van der Waals surface area (Å²) in [5, 5.41) is 22.4. The van der Waals surface area contributed by atoms with Gasteiger partial charge in [-0.2, -0.15) is 10.2 Å². The van der Waals surface area contributed by atoms with Crippen molar-refractivity contribution in [2.45, 2.75) is 155 Å². The number of aliphatic hydroxyl groups is 1. The zero-order chi connectivity index (χ0) is 42.1. The highest BCUT2D eigenvalue weighted by molar-refractivity contribution is 5.82. The van der Waals surface area contributed by atoms with E-state index in [0.717, 1.165) is 98.8 Å². The molecule has 4 aliphatic heterocycles. The van der Waals surface area contributed by atoms with Crippen LogP contribution in [0.25, 0.3) is 21.8 Å². The van der Waals surface area contributed by atoms with Gasteiger partial charge < -0.3 is 33.9 Å². The molecule has 4 unspecified atom stereocenters. The van der Waals surface area contributed by atoms with E-state index in [4.69, 9.17) is 18.9 Å². The molecule has 4 fully saturated rings. The van der Waals surface area contributed by atoms with Crippen LogP contribution in [0.15, 0.2) is 36.7 Å². The number of carbonyl (C=O) groups excluding carboxylic acids is 2. The Morgan fingerprint density at radius 2 is 1.14 bits per heavy atom.